The number of nitrogens with zero attached hydrogens (tertiary/aromatic N) is 4. The van der Waals surface area contributed by atoms with Gasteiger partial charge in [-0.05, 0) is 36.2 Å². The molecule has 0 aliphatic carbocycles. The quantitative estimate of drug-likeness (QED) is 0.442. The third kappa shape index (κ3) is 4.39. The lowest BCUT2D eigenvalue weighted by Gasteiger charge is -2.11. The molecule has 172 valence electrons. The maximum absolute atomic E-state index is 13.7. The van der Waals surface area contributed by atoms with Crippen LogP contribution in [-0.2, 0) is 20.1 Å². The molecule has 0 unspecified atom stereocenters. The van der Waals surface area contributed by atoms with Gasteiger partial charge in [0.25, 0.3) is 5.56 Å². The molecule has 0 atom stereocenters. The van der Waals surface area contributed by atoms with Gasteiger partial charge in [-0.25, -0.2) is 13.6 Å². The molecule has 33 heavy (non-hydrogen) atoms. The van der Waals surface area contributed by atoms with Crippen LogP contribution in [0.5, 0.6) is 11.8 Å². The molecule has 0 amide bonds. The molecule has 0 saturated carbocycles. The first kappa shape index (κ1) is 22.7. The number of hydrogen-bond donors (Lipinski definition) is 1. The van der Waals surface area contributed by atoms with Crippen LogP contribution in [0.4, 0.5) is 8.78 Å². The van der Waals surface area contributed by atoms with Crippen LogP contribution in [0.25, 0.3) is 11.2 Å². The number of halogens is 3. The van der Waals surface area contributed by atoms with E-state index in [2.05, 4.69) is 4.98 Å². The summed E-state index contributed by atoms with van der Waals surface area (Å²) < 4.78 is 36.4. The van der Waals surface area contributed by atoms with Crippen molar-refractivity contribution in [3.63, 3.8) is 0 Å². The molecular weight excluding hydrogens is 458 g/mol. The third-order valence-electron chi connectivity index (χ3n) is 5.09. The molecule has 0 spiro atoms. The lowest BCUT2D eigenvalue weighted by molar-refractivity contribution is 0.277. The first-order valence-corrected chi connectivity index (χ1v) is 10.4. The fourth-order valence-electron chi connectivity index (χ4n) is 3.42. The summed E-state index contributed by atoms with van der Waals surface area (Å²) in [5, 5.41) is 9.67. The number of aliphatic hydroxyl groups excluding tert-OH is 1. The number of ether oxygens (including phenoxy) is 1. The highest BCUT2D eigenvalue weighted by Crippen LogP contribution is 2.26. The number of aromatic nitrogens is 4. The van der Waals surface area contributed by atoms with Crippen molar-refractivity contribution >= 4 is 22.8 Å². The highest BCUT2D eigenvalue weighted by atomic mass is 35.5. The minimum atomic E-state index is -1.10. The predicted molar refractivity (Wildman–Crippen MR) is 118 cm³/mol. The first-order valence-electron chi connectivity index (χ1n) is 9.98. The molecule has 0 aliphatic rings. The minimum Gasteiger partial charge on any atom is -0.425 e. The van der Waals surface area contributed by atoms with E-state index >= 15 is 0 Å². The number of rotatable bonds is 7. The van der Waals surface area contributed by atoms with Gasteiger partial charge >= 0.3 is 11.7 Å². The molecule has 0 saturated heterocycles. The van der Waals surface area contributed by atoms with Gasteiger partial charge in [0, 0.05) is 31.3 Å². The summed E-state index contributed by atoms with van der Waals surface area (Å²) in [5.41, 5.74) is -0.303. The largest absolute Gasteiger partial charge is 0.425 e. The standard InChI is InChI=1S/C22H19ClF2N4O4/c1-27-19-18(20(31)28(22(27)32)9-2-10-30)29(12-13-3-5-14(23)6-4-13)21(26-19)33-15-7-8-16(24)17(25)11-15/h3-8,11,30H,2,9-10,12H2,1H3. The molecule has 0 bridgehead atoms. The Balaban J connectivity index is 1.93. The van der Waals surface area contributed by atoms with Crippen LogP contribution in [0.3, 0.4) is 0 Å². The monoisotopic (exact) mass is 476 g/mol. The van der Waals surface area contributed by atoms with Gasteiger partial charge in [-0.1, -0.05) is 23.7 Å². The summed E-state index contributed by atoms with van der Waals surface area (Å²) in [6.45, 7) is -0.0499. The lowest BCUT2D eigenvalue weighted by Crippen LogP contribution is -2.39. The smallest absolute Gasteiger partial charge is 0.332 e. The zero-order valence-corrected chi connectivity index (χ0v) is 18.2. The van der Waals surface area contributed by atoms with Crippen LogP contribution in [0.15, 0.2) is 52.1 Å². The normalized spacial score (nSPS) is 11.3. The number of hydrogen-bond acceptors (Lipinski definition) is 5. The van der Waals surface area contributed by atoms with E-state index in [1.807, 2.05) is 0 Å². The Morgan fingerprint density at radius 3 is 2.45 bits per heavy atom. The van der Waals surface area contributed by atoms with E-state index in [0.717, 1.165) is 22.3 Å². The molecule has 8 nitrogen and oxygen atoms in total. The molecule has 11 heteroatoms. The number of aliphatic hydroxyl groups is 1. The van der Waals surface area contributed by atoms with Crippen molar-refractivity contribution in [3.8, 4) is 11.8 Å². The van der Waals surface area contributed by atoms with Crippen molar-refractivity contribution in [2.24, 2.45) is 7.05 Å². The van der Waals surface area contributed by atoms with Gasteiger partial charge in [0.05, 0.1) is 6.54 Å². The first-order chi connectivity index (χ1) is 15.8. The molecule has 0 radical (unpaired) electrons. The van der Waals surface area contributed by atoms with Crippen LogP contribution in [0.2, 0.25) is 5.02 Å². The fourth-order valence-corrected chi connectivity index (χ4v) is 3.55. The Kier molecular flexibility index (Phi) is 6.30. The van der Waals surface area contributed by atoms with Crippen LogP contribution in [0, 0.1) is 11.6 Å². The van der Waals surface area contributed by atoms with Crippen molar-refractivity contribution in [1.29, 1.82) is 0 Å². The number of imidazole rings is 1. The van der Waals surface area contributed by atoms with E-state index in [1.165, 1.54) is 22.2 Å². The van der Waals surface area contributed by atoms with Crippen LogP contribution >= 0.6 is 11.6 Å². The van der Waals surface area contributed by atoms with Gasteiger partial charge in [-0.3, -0.25) is 18.5 Å². The van der Waals surface area contributed by atoms with Crippen molar-refractivity contribution in [2.75, 3.05) is 6.61 Å². The molecule has 0 aliphatic heterocycles. The topological polar surface area (TPSA) is 91.3 Å². The molecule has 4 aromatic rings. The number of fused-ring (bicyclic) bond motifs is 1. The molecule has 0 fully saturated rings. The van der Waals surface area contributed by atoms with E-state index in [0.29, 0.717) is 5.02 Å². The Morgan fingerprint density at radius 1 is 1.06 bits per heavy atom. The molecule has 1 N–H and O–H groups in total. The van der Waals surface area contributed by atoms with Crippen LogP contribution in [-0.4, -0.2) is 30.4 Å². The number of aryl methyl sites for hydroxylation is 1. The van der Waals surface area contributed by atoms with E-state index in [9.17, 15) is 18.4 Å². The van der Waals surface area contributed by atoms with Crippen LogP contribution in [0.1, 0.15) is 12.0 Å². The molecule has 2 heterocycles. The SMILES string of the molecule is Cn1c(=O)n(CCCO)c(=O)c2c1nc(Oc1ccc(F)c(F)c1)n2Cc1ccc(Cl)cc1. The van der Waals surface area contributed by atoms with Gasteiger partial charge < -0.3 is 9.84 Å². The Hall–Kier alpha value is -3.50. The second-order valence-corrected chi connectivity index (χ2v) is 7.77. The highest BCUT2D eigenvalue weighted by Gasteiger charge is 2.22. The second kappa shape index (κ2) is 9.16. The van der Waals surface area contributed by atoms with Gasteiger partial charge in [-0.2, -0.15) is 4.98 Å². The van der Waals surface area contributed by atoms with Gasteiger partial charge in [0.2, 0.25) is 0 Å². The van der Waals surface area contributed by atoms with E-state index < -0.39 is 22.9 Å². The summed E-state index contributed by atoms with van der Waals surface area (Å²) in [5.74, 6) is -2.18. The zero-order valence-electron chi connectivity index (χ0n) is 17.5. The zero-order chi connectivity index (χ0) is 23.7. The van der Waals surface area contributed by atoms with Crippen molar-refractivity contribution in [2.45, 2.75) is 19.5 Å². The average Bonchev–Trinajstić information content (AvgIpc) is 3.14. The molecule has 2 aromatic carbocycles. The van der Waals surface area contributed by atoms with E-state index in [4.69, 9.17) is 21.4 Å². The summed E-state index contributed by atoms with van der Waals surface area (Å²) in [7, 11) is 1.46. The maximum atomic E-state index is 13.7. The third-order valence-corrected chi connectivity index (χ3v) is 5.34. The van der Waals surface area contributed by atoms with Crippen LogP contribution < -0.4 is 16.0 Å². The van der Waals surface area contributed by atoms with Gasteiger partial charge in [0.1, 0.15) is 5.75 Å². The highest BCUT2D eigenvalue weighted by molar-refractivity contribution is 6.30. The molecule has 4 rings (SSSR count). The molecular formula is C22H19ClF2N4O4. The number of benzene rings is 2. The molecule has 2 aromatic heterocycles. The van der Waals surface area contributed by atoms with E-state index in [1.54, 1.807) is 24.3 Å². The summed E-state index contributed by atoms with van der Waals surface area (Å²) >= 11 is 5.97. The van der Waals surface area contributed by atoms with Crippen molar-refractivity contribution in [1.82, 2.24) is 18.7 Å². The Morgan fingerprint density at radius 2 is 1.79 bits per heavy atom. The second-order valence-electron chi connectivity index (χ2n) is 7.33. The lowest BCUT2D eigenvalue weighted by atomic mass is 10.2. The fraction of sp³-hybridized carbons (Fsp3) is 0.227. The van der Waals surface area contributed by atoms with Crippen molar-refractivity contribution in [3.05, 3.63) is 85.5 Å². The van der Waals surface area contributed by atoms with Crippen molar-refractivity contribution < 1.29 is 18.6 Å². The predicted octanol–water partition coefficient (Wildman–Crippen LogP) is 3.05. The van der Waals surface area contributed by atoms with Gasteiger partial charge in [-0.15, -0.1) is 0 Å². The summed E-state index contributed by atoms with van der Waals surface area (Å²) in [6, 6.07) is 9.78. The average molecular weight is 477 g/mol. The van der Waals surface area contributed by atoms with Gasteiger partial charge in [0.15, 0.2) is 22.8 Å². The Bertz CT molecular complexity index is 1440. The Labute approximate surface area is 190 Å². The maximum Gasteiger partial charge on any atom is 0.332 e. The summed E-state index contributed by atoms with van der Waals surface area (Å²) in [4.78, 5) is 30.3. The minimum absolute atomic E-state index is 0.0173. The van der Waals surface area contributed by atoms with E-state index in [-0.39, 0.29) is 49.0 Å². The summed E-state index contributed by atoms with van der Waals surface area (Å²) in [6.07, 6.45) is 0.212.